The minimum absolute atomic E-state index is 0. The molecule has 0 unspecified atom stereocenters. The van der Waals surface area contributed by atoms with Gasteiger partial charge in [0.25, 0.3) is 0 Å². The van der Waals surface area contributed by atoms with Crippen LogP contribution in [0.5, 0.6) is 0 Å². The van der Waals surface area contributed by atoms with Crippen LogP contribution in [0.25, 0.3) is 0 Å². The fourth-order valence-electron chi connectivity index (χ4n) is 0.203. The zero-order valence-corrected chi connectivity index (χ0v) is 5.49. The second-order valence-corrected chi connectivity index (χ2v) is 1.25. The number of carboxylic acid groups (broad SMARTS) is 1. The number of carboxylic acids is 1. The van der Waals surface area contributed by atoms with Gasteiger partial charge in [-0.3, -0.25) is 4.79 Å². The number of rotatable bonds is 2. The van der Waals surface area contributed by atoms with E-state index in [-0.39, 0.29) is 22.9 Å². The van der Waals surface area contributed by atoms with Gasteiger partial charge in [0.05, 0.1) is 0 Å². The van der Waals surface area contributed by atoms with Crippen LogP contribution in [0.3, 0.4) is 0 Å². The van der Waals surface area contributed by atoms with Gasteiger partial charge in [0, 0.05) is 12.4 Å². The van der Waals surface area contributed by atoms with Crippen LogP contribution in [0, 0.1) is 0 Å². The summed E-state index contributed by atoms with van der Waals surface area (Å²) in [5, 5.41) is 9.48. The Kier molecular flexibility index (Phi) is 6.38. The minimum Gasteiger partial charge on any atom is -0.550 e. The van der Waals surface area contributed by atoms with Crippen molar-refractivity contribution in [1.29, 1.82) is 0 Å². The van der Waals surface area contributed by atoms with Crippen molar-refractivity contribution in [2.75, 3.05) is 0 Å². The number of aliphatic carboxylic acids is 1. The van der Waals surface area contributed by atoms with E-state index in [1.807, 2.05) is 0 Å². The fraction of sp³-hybridized carbons (Fsp3) is 0.500. The van der Waals surface area contributed by atoms with Crippen molar-refractivity contribution in [2.24, 2.45) is 0 Å². The van der Waals surface area contributed by atoms with Gasteiger partial charge in [-0.2, -0.15) is 0 Å². The summed E-state index contributed by atoms with van der Waals surface area (Å²) in [6.07, 6.45) is -0.472. The summed E-state index contributed by atoms with van der Waals surface area (Å²) in [6, 6.07) is 0. The van der Waals surface area contributed by atoms with Gasteiger partial charge in [0.2, 0.25) is 0 Å². The second kappa shape index (κ2) is 4.81. The van der Waals surface area contributed by atoms with Crippen LogP contribution in [0.15, 0.2) is 0 Å². The Balaban J connectivity index is 0. The molecule has 0 aromatic carbocycles. The molecule has 0 N–H and O–H groups in total. The first-order chi connectivity index (χ1) is 3.13. The fourth-order valence-corrected chi connectivity index (χ4v) is 0.203. The molecule has 0 amide bonds. The van der Waals surface area contributed by atoms with Crippen molar-refractivity contribution < 1.29 is 31.8 Å². The normalized spacial score (nSPS) is 7.12. The molecule has 0 radical (unpaired) electrons. The van der Waals surface area contributed by atoms with Crippen LogP contribution >= 0.6 is 0 Å². The quantitative estimate of drug-likeness (QED) is 0.369. The molecule has 0 bridgehead atoms. The zero-order valence-electron chi connectivity index (χ0n) is 4.31. The molecule has 0 aliphatic carbocycles. The molecule has 0 heterocycles. The van der Waals surface area contributed by atoms with Crippen LogP contribution in [0.1, 0.15) is 13.3 Å². The van der Waals surface area contributed by atoms with Crippen LogP contribution < -0.4 is 5.11 Å². The van der Waals surface area contributed by atoms with E-state index < -0.39 is 12.4 Å². The van der Waals surface area contributed by atoms with Crippen molar-refractivity contribution in [3.63, 3.8) is 0 Å². The van der Waals surface area contributed by atoms with Gasteiger partial charge in [-0.25, -0.2) is 0 Å². The SMILES string of the molecule is CC(=O)CC(=O)[O-].[Mn+3]. The average molecular weight is 156 g/mol. The Bertz CT molecular complexity index is 87.5. The zero-order chi connectivity index (χ0) is 5.86. The number of ketones is 1. The molecule has 0 aliphatic rings. The predicted molar refractivity (Wildman–Crippen MR) is 20.3 cm³/mol. The van der Waals surface area contributed by atoms with Crippen LogP contribution in [-0.4, -0.2) is 11.8 Å². The molecule has 0 aromatic rings. The monoisotopic (exact) mass is 156 g/mol. The Morgan fingerprint density at radius 2 is 1.88 bits per heavy atom. The molecule has 0 saturated carbocycles. The van der Waals surface area contributed by atoms with E-state index in [0.717, 1.165) is 0 Å². The van der Waals surface area contributed by atoms with E-state index >= 15 is 0 Å². The molecule has 0 atom stereocenters. The van der Waals surface area contributed by atoms with Crippen LogP contribution in [-0.2, 0) is 26.7 Å². The largest absolute Gasteiger partial charge is 3.00 e. The van der Waals surface area contributed by atoms with Crippen molar-refractivity contribution in [2.45, 2.75) is 13.3 Å². The van der Waals surface area contributed by atoms with E-state index in [0.29, 0.717) is 0 Å². The van der Waals surface area contributed by atoms with Gasteiger partial charge in [-0.15, -0.1) is 0 Å². The molecule has 3 nitrogen and oxygen atoms in total. The summed E-state index contributed by atoms with van der Waals surface area (Å²) >= 11 is 0. The van der Waals surface area contributed by atoms with Crippen molar-refractivity contribution >= 4 is 11.8 Å². The number of carbonyl (C=O) groups is 2. The summed E-state index contributed by atoms with van der Waals surface area (Å²) in [6.45, 7) is 1.20. The maximum absolute atomic E-state index is 9.83. The summed E-state index contributed by atoms with van der Waals surface area (Å²) in [5.41, 5.74) is 0. The van der Waals surface area contributed by atoms with E-state index in [4.69, 9.17) is 0 Å². The van der Waals surface area contributed by atoms with Crippen molar-refractivity contribution in [1.82, 2.24) is 0 Å². The molecule has 0 fully saturated rings. The smallest absolute Gasteiger partial charge is 0.550 e. The first-order valence-corrected chi connectivity index (χ1v) is 1.82. The molecular weight excluding hydrogens is 151 g/mol. The maximum Gasteiger partial charge on any atom is 3.00 e. The van der Waals surface area contributed by atoms with Gasteiger partial charge < -0.3 is 9.90 Å². The van der Waals surface area contributed by atoms with Gasteiger partial charge in [-0.1, -0.05) is 0 Å². The van der Waals surface area contributed by atoms with Crippen molar-refractivity contribution in [3.05, 3.63) is 0 Å². The Hall–Kier alpha value is -0.341. The molecular formula is C4H5MnO3+2. The molecule has 4 heteroatoms. The average Bonchev–Trinajstić information content (AvgIpc) is 1.27. The summed E-state index contributed by atoms with van der Waals surface area (Å²) < 4.78 is 0. The first-order valence-electron chi connectivity index (χ1n) is 1.82. The predicted octanol–water partition coefficient (Wildman–Crippen LogP) is -1.29. The Morgan fingerprint density at radius 1 is 1.50 bits per heavy atom. The van der Waals surface area contributed by atoms with Gasteiger partial charge in [0.1, 0.15) is 5.78 Å². The minimum atomic E-state index is -1.31. The van der Waals surface area contributed by atoms with E-state index in [1.54, 1.807) is 0 Å². The third kappa shape index (κ3) is 9.18. The van der Waals surface area contributed by atoms with Crippen LogP contribution in [0.4, 0.5) is 0 Å². The number of carbonyl (C=O) groups excluding carboxylic acids is 2. The standard InChI is InChI=1S/C4H6O3.Mn/c1-3(5)2-4(6)7;/h2H2,1H3,(H,6,7);/q;+3/p-1. The number of hydrogen-bond acceptors (Lipinski definition) is 3. The molecule has 0 aromatic heterocycles. The van der Waals surface area contributed by atoms with Crippen molar-refractivity contribution in [3.8, 4) is 0 Å². The molecule has 0 saturated heterocycles. The topological polar surface area (TPSA) is 57.2 Å². The third-order valence-electron chi connectivity index (χ3n) is 0.393. The second-order valence-electron chi connectivity index (χ2n) is 1.25. The summed E-state index contributed by atoms with van der Waals surface area (Å²) in [5.74, 6) is -1.69. The number of Topliss-reactive ketones (excluding diaryl/α,β-unsaturated/α-hetero) is 1. The number of hydrogen-bond donors (Lipinski definition) is 0. The van der Waals surface area contributed by atoms with Gasteiger partial charge >= 0.3 is 17.1 Å². The van der Waals surface area contributed by atoms with Crippen LogP contribution in [0.2, 0.25) is 0 Å². The molecule has 0 aliphatic heterocycles. The maximum atomic E-state index is 9.83. The van der Waals surface area contributed by atoms with E-state index in [9.17, 15) is 14.7 Å². The third-order valence-corrected chi connectivity index (χ3v) is 0.393. The molecule has 0 rings (SSSR count). The first kappa shape index (κ1) is 10.6. The molecule has 44 valence electrons. The molecule has 8 heavy (non-hydrogen) atoms. The van der Waals surface area contributed by atoms with E-state index in [1.165, 1.54) is 6.92 Å². The summed E-state index contributed by atoms with van der Waals surface area (Å²) in [7, 11) is 0. The van der Waals surface area contributed by atoms with E-state index in [2.05, 4.69) is 0 Å². The molecule has 0 spiro atoms. The Morgan fingerprint density at radius 3 is 1.88 bits per heavy atom. The van der Waals surface area contributed by atoms with Gasteiger partial charge in [-0.05, 0) is 6.92 Å². The Labute approximate surface area is 57.5 Å². The van der Waals surface area contributed by atoms with Gasteiger partial charge in [0.15, 0.2) is 0 Å². The summed E-state index contributed by atoms with van der Waals surface area (Å²) in [4.78, 5) is 19.3.